The molecule has 2 aliphatic rings. The van der Waals surface area contributed by atoms with Crippen LogP contribution in [0.4, 0.5) is 10.7 Å². The molecule has 2 fully saturated rings. The minimum atomic E-state index is -3.38. The summed E-state index contributed by atoms with van der Waals surface area (Å²) >= 11 is 0. The molecule has 1 aromatic heterocycles. The third-order valence-corrected chi connectivity index (χ3v) is 7.54. The fourth-order valence-corrected chi connectivity index (χ4v) is 5.07. The van der Waals surface area contributed by atoms with Gasteiger partial charge in [0.15, 0.2) is 9.84 Å². The van der Waals surface area contributed by atoms with E-state index in [1.54, 1.807) is 4.90 Å². The van der Waals surface area contributed by atoms with Gasteiger partial charge >= 0.3 is 6.09 Å². The van der Waals surface area contributed by atoms with Crippen LogP contribution < -0.4 is 4.90 Å². The van der Waals surface area contributed by atoms with E-state index in [0.29, 0.717) is 19.0 Å². The van der Waals surface area contributed by atoms with Crippen molar-refractivity contribution in [3.8, 4) is 12.3 Å². The summed E-state index contributed by atoms with van der Waals surface area (Å²) in [5.74, 6) is 3.07. The van der Waals surface area contributed by atoms with Gasteiger partial charge in [-0.2, -0.15) is 0 Å². The second kappa shape index (κ2) is 10.6. The van der Waals surface area contributed by atoms with Gasteiger partial charge in [-0.1, -0.05) is 36.3 Å². The van der Waals surface area contributed by atoms with E-state index in [1.807, 2.05) is 30.0 Å². The number of carbonyl (C=O) groups is 1. The summed E-state index contributed by atoms with van der Waals surface area (Å²) in [6.45, 7) is 5.34. The van der Waals surface area contributed by atoms with Crippen molar-refractivity contribution in [2.45, 2.75) is 49.4 Å². The third-order valence-electron chi connectivity index (χ3n) is 6.47. The van der Waals surface area contributed by atoms with E-state index in [9.17, 15) is 13.2 Å². The molecule has 186 valence electrons. The summed E-state index contributed by atoms with van der Waals surface area (Å²) in [6.07, 6.45) is 10.5. The lowest BCUT2D eigenvalue weighted by Crippen LogP contribution is -2.60. The Morgan fingerprint density at radius 1 is 1.14 bits per heavy atom. The maximum absolute atomic E-state index is 13.1. The van der Waals surface area contributed by atoms with Crippen molar-refractivity contribution in [3.63, 3.8) is 0 Å². The number of sulfone groups is 1. The number of amides is 1. The van der Waals surface area contributed by atoms with Crippen molar-refractivity contribution in [1.29, 1.82) is 0 Å². The molecule has 0 unspecified atom stereocenters. The molecule has 9 nitrogen and oxygen atoms in total. The van der Waals surface area contributed by atoms with E-state index >= 15 is 0 Å². The van der Waals surface area contributed by atoms with Crippen molar-refractivity contribution in [2.24, 2.45) is 0 Å². The number of piperidine rings is 1. The first-order valence-corrected chi connectivity index (χ1v) is 13.6. The first-order valence-electron chi connectivity index (χ1n) is 11.7. The molecule has 2 aliphatic heterocycles. The molecule has 2 saturated heterocycles. The van der Waals surface area contributed by atoms with Gasteiger partial charge in [0, 0.05) is 32.4 Å². The second-order valence-electron chi connectivity index (χ2n) is 9.18. The molecule has 0 saturated carbocycles. The maximum Gasteiger partial charge on any atom is 0.411 e. The standard InChI is InChI=1S/C25H31N5O4S/c1-4-21-18-29(24-26-14-23(15-27-24)35(3,32)33)16-19(2)30(21)25(31)34-22-10-12-28(13-11-22)17-20-8-6-5-7-9-20/h1,5-9,14-15,19,21-22H,10-13,16-18H2,2-3H3/t19-,21+/m0/s1. The van der Waals surface area contributed by atoms with Crippen molar-refractivity contribution in [1.82, 2.24) is 19.8 Å². The van der Waals surface area contributed by atoms with Gasteiger partial charge in [0.05, 0.1) is 25.0 Å². The van der Waals surface area contributed by atoms with Gasteiger partial charge in [-0.25, -0.2) is 23.2 Å². The first kappa shape index (κ1) is 24.9. The van der Waals surface area contributed by atoms with Crippen LogP contribution in [-0.4, -0.2) is 84.9 Å². The monoisotopic (exact) mass is 497 g/mol. The maximum atomic E-state index is 13.1. The van der Waals surface area contributed by atoms with Crippen molar-refractivity contribution in [2.75, 3.05) is 37.3 Å². The molecule has 1 aromatic carbocycles. The summed E-state index contributed by atoms with van der Waals surface area (Å²) in [6, 6.07) is 9.61. The minimum absolute atomic E-state index is 0.0554. The molecule has 10 heteroatoms. The Labute approximate surface area is 207 Å². The number of rotatable bonds is 5. The Kier molecular flexibility index (Phi) is 7.57. The predicted molar refractivity (Wildman–Crippen MR) is 132 cm³/mol. The van der Waals surface area contributed by atoms with Crippen LogP contribution in [0.3, 0.4) is 0 Å². The van der Waals surface area contributed by atoms with Crippen LogP contribution in [0, 0.1) is 12.3 Å². The van der Waals surface area contributed by atoms with Crippen LogP contribution in [0.1, 0.15) is 25.3 Å². The van der Waals surface area contributed by atoms with Gasteiger partial charge in [0.25, 0.3) is 0 Å². The van der Waals surface area contributed by atoms with Gasteiger partial charge in [0.2, 0.25) is 5.95 Å². The molecule has 2 aromatic rings. The van der Waals surface area contributed by atoms with Crippen LogP contribution in [0.25, 0.3) is 0 Å². The lowest BCUT2D eigenvalue weighted by atomic mass is 10.1. The summed E-state index contributed by atoms with van der Waals surface area (Å²) in [5.41, 5.74) is 1.28. The molecule has 1 amide bonds. The van der Waals surface area contributed by atoms with Gasteiger partial charge < -0.3 is 9.64 Å². The first-order chi connectivity index (χ1) is 16.7. The van der Waals surface area contributed by atoms with Crippen LogP contribution >= 0.6 is 0 Å². The number of hydrogen-bond acceptors (Lipinski definition) is 8. The zero-order valence-corrected chi connectivity index (χ0v) is 20.9. The van der Waals surface area contributed by atoms with Crippen molar-refractivity contribution < 1.29 is 17.9 Å². The zero-order chi connectivity index (χ0) is 25.0. The van der Waals surface area contributed by atoms with Crippen LogP contribution in [0.15, 0.2) is 47.6 Å². The summed E-state index contributed by atoms with van der Waals surface area (Å²) in [7, 11) is -3.38. The number of nitrogens with zero attached hydrogens (tertiary/aromatic N) is 5. The summed E-state index contributed by atoms with van der Waals surface area (Å²) in [5, 5.41) is 0. The highest BCUT2D eigenvalue weighted by atomic mass is 32.2. The zero-order valence-electron chi connectivity index (χ0n) is 20.1. The molecule has 0 aliphatic carbocycles. The third kappa shape index (κ3) is 6.10. The van der Waals surface area contributed by atoms with E-state index in [4.69, 9.17) is 11.2 Å². The SMILES string of the molecule is C#C[C@@H]1CN(c2ncc(S(C)(=O)=O)cn2)C[C@H](C)N1C(=O)OC1CCN(Cc2ccccc2)CC1. The molecule has 0 radical (unpaired) electrons. The normalized spacial score (nSPS) is 22.0. The highest BCUT2D eigenvalue weighted by Crippen LogP contribution is 2.23. The topological polar surface area (TPSA) is 95.9 Å². The summed E-state index contributed by atoms with van der Waals surface area (Å²) in [4.78, 5) is 27.4. The molecule has 0 N–H and O–H groups in total. The van der Waals surface area contributed by atoms with Crippen LogP contribution in [-0.2, 0) is 21.1 Å². The van der Waals surface area contributed by atoms with E-state index < -0.39 is 22.0 Å². The molecule has 0 spiro atoms. The fourth-order valence-electron chi connectivity index (χ4n) is 4.58. The van der Waals surface area contributed by atoms with Crippen LogP contribution in [0.2, 0.25) is 0 Å². The molecule has 0 bridgehead atoms. The smallest absolute Gasteiger partial charge is 0.411 e. The number of anilines is 1. The molecule has 4 rings (SSSR count). The van der Waals surface area contributed by atoms with E-state index in [0.717, 1.165) is 38.7 Å². The average Bonchev–Trinajstić information content (AvgIpc) is 2.84. The van der Waals surface area contributed by atoms with Gasteiger partial charge in [-0.15, -0.1) is 6.42 Å². The van der Waals surface area contributed by atoms with Gasteiger partial charge in [-0.3, -0.25) is 9.80 Å². The Bertz CT molecular complexity index is 1160. The van der Waals surface area contributed by atoms with E-state index in [2.05, 4.69) is 32.9 Å². The Balaban J connectivity index is 1.33. The molecule has 3 heterocycles. The number of carbonyl (C=O) groups excluding carboxylic acids is 1. The predicted octanol–water partition coefficient (Wildman–Crippen LogP) is 2.19. The Morgan fingerprint density at radius 2 is 1.80 bits per heavy atom. The quantitative estimate of drug-likeness (QED) is 0.580. The molecular formula is C25H31N5O4S. The minimum Gasteiger partial charge on any atom is -0.446 e. The van der Waals surface area contributed by atoms with Crippen LogP contribution in [0.5, 0.6) is 0 Å². The number of terminal acetylenes is 1. The largest absolute Gasteiger partial charge is 0.446 e. The lowest BCUT2D eigenvalue weighted by Gasteiger charge is -2.43. The molecule has 35 heavy (non-hydrogen) atoms. The van der Waals surface area contributed by atoms with Crippen molar-refractivity contribution in [3.05, 3.63) is 48.3 Å². The number of piperazine rings is 1. The van der Waals surface area contributed by atoms with Crippen molar-refractivity contribution >= 4 is 21.9 Å². The number of ether oxygens (including phenoxy) is 1. The molecular weight excluding hydrogens is 466 g/mol. The number of hydrogen-bond donors (Lipinski definition) is 0. The lowest BCUT2D eigenvalue weighted by molar-refractivity contribution is 0.0136. The van der Waals surface area contributed by atoms with Gasteiger partial charge in [0.1, 0.15) is 17.0 Å². The second-order valence-corrected chi connectivity index (χ2v) is 11.2. The number of likely N-dealkylation sites (tertiary alicyclic amines) is 1. The highest BCUT2D eigenvalue weighted by Gasteiger charge is 2.37. The Hall–Kier alpha value is -3.16. The van der Waals surface area contributed by atoms with Gasteiger partial charge in [-0.05, 0) is 25.3 Å². The van der Waals surface area contributed by atoms with E-state index in [-0.39, 0.29) is 17.0 Å². The Morgan fingerprint density at radius 3 is 2.40 bits per heavy atom. The molecule has 2 atom stereocenters. The van der Waals surface area contributed by atoms with E-state index in [1.165, 1.54) is 18.0 Å². The highest BCUT2D eigenvalue weighted by molar-refractivity contribution is 7.90. The summed E-state index contributed by atoms with van der Waals surface area (Å²) < 4.78 is 29.2. The average molecular weight is 498 g/mol. The number of aromatic nitrogens is 2. The fraction of sp³-hybridized carbons (Fsp3) is 0.480. The number of benzene rings is 1.